The number of nitro benzene ring substituents is 1. The van der Waals surface area contributed by atoms with Crippen molar-refractivity contribution in [1.29, 1.82) is 0 Å². The number of thiazole rings is 1. The number of thiophene rings is 1. The number of aliphatic hydroxyl groups is 1. The third-order valence-electron chi connectivity index (χ3n) is 4.34. The maximum atomic E-state index is 13.1. The Balaban J connectivity index is 1.94. The Morgan fingerprint density at radius 2 is 2.00 bits per heavy atom. The van der Waals surface area contributed by atoms with Gasteiger partial charge in [0.15, 0.2) is 10.9 Å². The highest BCUT2D eigenvalue weighted by Gasteiger charge is 2.47. The molecule has 0 fully saturated rings. The van der Waals surface area contributed by atoms with Crippen molar-refractivity contribution in [3.8, 4) is 5.75 Å². The first kappa shape index (κ1) is 18.8. The number of amides is 1. The number of nitro groups is 1. The van der Waals surface area contributed by atoms with Gasteiger partial charge in [0.2, 0.25) is 5.78 Å². The third-order valence-corrected chi connectivity index (χ3v) is 5.98. The summed E-state index contributed by atoms with van der Waals surface area (Å²) in [4.78, 5) is 41.9. The second-order valence-electron chi connectivity index (χ2n) is 5.96. The first-order valence-corrected chi connectivity index (χ1v) is 9.87. The summed E-state index contributed by atoms with van der Waals surface area (Å²) in [6.45, 7) is 0. The van der Waals surface area contributed by atoms with Crippen LogP contribution in [0.1, 0.15) is 21.3 Å². The van der Waals surface area contributed by atoms with Crippen LogP contribution in [0.3, 0.4) is 0 Å². The average Bonchev–Trinajstić information content (AvgIpc) is 3.44. The zero-order chi connectivity index (χ0) is 20.7. The molecule has 2 N–H and O–H groups in total. The van der Waals surface area contributed by atoms with Crippen LogP contribution in [0.4, 0.5) is 10.8 Å². The minimum absolute atomic E-state index is 0.0632. The summed E-state index contributed by atoms with van der Waals surface area (Å²) in [5, 5.41) is 35.6. The van der Waals surface area contributed by atoms with Crippen molar-refractivity contribution in [3.05, 3.63) is 79.2 Å². The van der Waals surface area contributed by atoms with Gasteiger partial charge < -0.3 is 10.2 Å². The van der Waals surface area contributed by atoms with E-state index >= 15 is 0 Å². The predicted octanol–water partition coefficient (Wildman–Crippen LogP) is 3.60. The van der Waals surface area contributed by atoms with Crippen LogP contribution in [-0.4, -0.2) is 31.8 Å². The monoisotopic (exact) mass is 429 g/mol. The number of carbonyl (C=O) groups excluding carboxylic acids is 2. The summed E-state index contributed by atoms with van der Waals surface area (Å²) >= 11 is 2.20. The number of phenolic OH excluding ortho intramolecular Hbond substituents is 1. The molecule has 4 rings (SSSR count). The van der Waals surface area contributed by atoms with Crippen LogP contribution in [0.25, 0.3) is 0 Å². The van der Waals surface area contributed by atoms with Crippen molar-refractivity contribution in [2.75, 3.05) is 4.90 Å². The molecule has 1 atom stereocenters. The minimum atomic E-state index is -1.27. The van der Waals surface area contributed by atoms with E-state index in [0.717, 1.165) is 45.8 Å². The third kappa shape index (κ3) is 3.05. The van der Waals surface area contributed by atoms with Crippen LogP contribution >= 0.6 is 22.7 Å². The number of anilines is 1. The second kappa shape index (κ2) is 7.11. The molecule has 1 unspecified atom stereocenters. The zero-order valence-electron chi connectivity index (χ0n) is 14.4. The zero-order valence-corrected chi connectivity index (χ0v) is 16.0. The van der Waals surface area contributed by atoms with Gasteiger partial charge in [-0.15, -0.1) is 22.7 Å². The maximum Gasteiger partial charge on any atom is 0.296 e. The molecule has 0 saturated carbocycles. The highest BCUT2D eigenvalue weighted by atomic mass is 32.1. The van der Waals surface area contributed by atoms with E-state index in [0.29, 0.717) is 0 Å². The molecule has 2 aromatic heterocycles. The molecule has 0 aliphatic carbocycles. The fraction of sp³-hybridized carbons (Fsp3) is 0.0556. The van der Waals surface area contributed by atoms with Crippen molar-refractivity contribution in [2.24, 2.45) is 0 Å². The Bertz CT molecular complexity index is 1150. The van der Waals surface area contributed by atoms with Gasteiger partial charge in [-0.1, -0.05) is 6.07 Å². The summed E-state index contributed by atoms with van der Waals surface area (Å²) < 4.78 is 0. The number of rotatable bonds is 5. The van der Waals surface area contributed by atoms with E-state index in [1.807, 2.05) is 0 Å². The molecule has 1 aromatic carbocycles. The van der Waals surface area contributed by atoms with Crippen LogP contribution in [0.2, 0.25) is 0 Å². The highest BCUT2D eigenvalue weighted by molar-refractivity contribution is 7.14. The summed E-state index contributed by atoms with van der Waals surface area (Å²) in [5.74, 6) is -2.63. The van der Waals surface area contributed by atoms with Crippen molar-refractivity contribution in [1.82, 2.24) is 4.98 Å². The van der Waals surface area contributed by atoms with Crippen LogP contribution in [-0.2, 0) is 4.79 Å². The number of non-ortho nitro benzene ring substituents is 1. The number of aromatic nitrogens is 1. The van der Waals surface area contributed by atoms with Crippen molar-refractivity contribution in [2.45, 2.75) is 6.04 Å². The first-order valence-electron chi connectivity index (χ1n) is 8.12. The lowest BCUT2D eigenvalue weighted by Gasteiger charge is -2.24. The number of carbonyl (C=O) groups is 2. The van der Waals surface area contributed by atoms with E-state index in [4.69, 9.17) is 0 Å². The number of aromatic hydroxyl groups is 1. The Labute approximate surface area is 170 Å². The van der Waals surface area contributed by atoms with Crippen LogP contribution in [0, 0.1) is 10.1 Å². The van der Waals surface area contributed by atoms with Gasteiger partial charge in [0, 0.05) is 29.3 Å². The summed E-state index contributed by atoms with van der Waals surface area (Å²) in [5.41, 5.74) is -0.672. The van der Waals surface area contributed by atoms with Crippen molar-refractivity contribution >= 4 is 45.2 Å². The topological polar surface area (TPSA) is 134 Å². The van der Waals surface area contributed by atoms with Crippen molar-refractivity contribution < 1.29 is 24.7 Å². The largest absolute Gasteiger partial charge is 0.508 e. The van der Waals surface area contributed by atoms with Gasteiger partial charge in [-0.05, 0) is 17.5 Å². The first-order chi connectivity index (χ1) is 13.9. The lowest BCUT2D eigenvalue weighted by atomic mass is 9.94. The quantitative estimate of drug-likeness (QED) is 0.359. The molecule has 3 aromatic rings. The van der Waals surface area contributed by atoms with Gasteiger partial charge in [0.05, 0.1) is 15.4 Å². The Hall–Kier alpha value is -3.57. The maximum absolute atomic E-state index is 13.1. The molecule has 0 bridgehead atoms. The molecular weight excluding hydrogens is 418 g/mol. The molecule has 9 nitrogen and oxygen atoms in total. The van der Waals surface area contributed by atoms with E-state index in [-0.39, 0.29) is 32.6 Å². The van der Waals surface area contributed by atoms with E-state index in [1.165, 1.54) is 12.3 Å². The fourth-order valence-corrected chi connectivity index (χ4v) is 4.42. The van der Waals surface area contributed by atoms with Gasteiger partial charge in [-0.25, -0.2) is 4.98 Å². The molecule has 1 amide bonds. The molecule has 1 aliphatic heterocycles. The number of phenols is 1. The molecule has 0 saturated heterocycles. The second-order valence-corrected chi connectivity index (χ2v) is 7.78. The van der Waals surface area contributed by atoms with Gasteiger partial charge in [0.1, 0.15) is 11.8 Å². The van der Waals surface area contributed by atoms with Gasteiger partial charge in [-0.2, -0.15) is 0 Å². The molecule has 29 heavy (non-hydrogen) atoms. The van der Waals surface area contributed by atoms with E-state index in [2.05, 4.69) is 4.98 Å². The van der Waals surface area contributed by atoms with E-state index in [1.54, 1.807) is 16.8 Å². The molecule has 3 heterocycles. The number of aliphatic hydroxyl groups excluding tert-OH is 1. The smallest absolute Gasteiger partial charge is 0.296 e. The number of benzene rings is 1. The Kier molecular flexibility index (Phi) is 4.60. The molecule has 0 radical (unpaired) electrons. The standard InChI is InChI=1S/C18H11N3O6S2/c22-11-4-3-9(21(26)27)8-10(11)14-13(15(23)12-2-1-6-28-12)16(24)17(25)20(14)18-19-5-7-29-18/h1-8,14,22,24H. The number of hydrogen-bond donors (Lipinski definition) is 2. The van der Waals surface area contributed by atoms with Crippen LogP contribution < -0.4 is 4.90 Å². The SMILES string of the molecule is O=C(C1=C(O)C(=O)N(c2nccs2)C1c1cc([N+](=O)[O-])ccc1O)c1cccs1. The normalized spacial score (nSPS) is 16.5. The molecule has 1 aliphatic rings. The number of Topliss-reactive ketones (excluding diaryl/α,β-unsaturated/α-hetero) is 1. The van der Waals surface area contributed by atoms with Crippen LogP contribution in [0.15, 0.2) is 58.6 Å². The average molecular weight is 429 g/mol. The van der Waals surface area contributed by atoms with Gasteiger partial charge in [-0.3, -0.25) is 24.6 Å². The summed E-state index contributed by atoms with van der Waals surface area (Å²) in [7, 11) is 0. The van der Waals surface area contributed by atoms with E-state index in [9.17, 15) is 29.9 Å². The summed E-state index contributed by atoms with van der Waals surface area (Å²) in [6.07, 6.45) is 1.44. The molecule has 0 spiro atoms. The molecular formula is C18H11N3O6S2. The highest BCUT2D eigenvalue weighted by Crippen LogP contribution is 2.46. The Morgan fingerprint density at radius 3 is 2.62 bits per heavy atom. The van der Waals surface area contributed by atoms with E-state index < -0.39 is 28.4 Å². The Morgan fingerprint density at radius 1 is 1.21 bits per heavy atom. The predicted molar refractivity (Wildman–Crippen MR) is 105 cm³/mol. The summed E-state index contributed by atoms with van der Waals surface area (Å²) in [6, 6.07) is 5.20. The fourth-order valence-electron chi connectivity index (χ4n) is 3.08. The van der Waals surface area contributed by atoms with Crippen LogP contribution in [0.5, 0.6) is 5.75 Å². The van der Waals surface area contributed by atoms with Gasteiger partial charge in [0.25, 0.3) is 11.6 Å². The lowest BCUT2D eigenvalue weighted by Crippen LogP contribution is -2.31. The minimum Gasteiger partial charge on any atom is -0.508 e. The molecule has 146 valence electrons. The number of nitrogens with zero attached hydrogens (tertiary/aromatic N) is 3. The lowest BCUT2D eigenvalue weighted by molar-refractivity contribution is -0.385. The van der Waals surface area contributed by atoms with Gasteiger partial charge >= 0.3 is 0 Å². The van der Waals surface area contributed by atoms with Crippen molar-refractivity contribution in [3.63, 3.8) is 0 Å². The molecule has 11 heteroatoms. The number of hydrogen-bond acceptors (Lipinski definition) is 9. The number of ketones is 1.